The summed E-state index contributed by atoms with van der Waals surface area (Å²) in [5.41, 5.74) is 4.99. The van der Waals surface area contributed by atoms with E-state index in [0.29, 0.717) is 13.0 Å². The van der Waals surface area contributed by atoms with E-state index in [9.17, 15) is 4.79 Å². The van der Waals surface area contributed by atoms with Crippen molar-refractivity contribution in [3.63, 3.8) is 0 Å². The Morgan fingerprint density at radius 2 is 2.26 bits per heavy atom. The highest BCUT2D eigenvalue weighted by molar-refractivity contribution is 5.73. The van der Waals surface area contributed by atoms with Gasteiger partial charge in [0, 0.05) is 13.2 Å². The van der Waals surface area contributed by atoms with E-state index in [2.05, 4.69) is 0 Å². The van der Waals surface area contributed by atoms with Crippen LogP contribution in [-0.2, 0) is 19.0 Å². The van der Waals surface area contributed by atoms with E-state index in [1.54, 1.807) is 0 Å². The fraction of sp³-hybridized carbons (Fsp3) is 0.923. The molecule has 0 amide bonds. The first-order valence-corrected chi connectivity index (χ1v) is 6.76. The number of nitrogens with two attached hydrogens (primary N) is 1. The lowest BCUT2D eigenvalue weighted by atomic mass is 10.1. The first kappa shape index (κ1) is 16.4. The number of aliphatic carboxylic acids is 1. The second-order valence-corrected chi connectivity index (χ2v) is 5.44. The Morgan fingerprint density at radius 3 is 2.84 bits per heavy atom. The van der Waals surface area contributed by atoms with Gasteiger partial charge in [0.15, 0.2) is 6.29 Å². The molecule has 1 heterocycles. The van der Waals surface area contributed by atoms with E-state index < -0.39 is 12.0 Å². The molecule has 1 unspecified atom stereocenters. The van der Waals surface area contributed by atoms with Gasteiger partial charge in [0.25, 0.3) is 0 Å². The van der Waals surface area contributed by atoms with Gasteiger partial charge in [-0.1, -0.05) is 0 Å². The molecule has 0 radical (unpaired) electrons. The van der Waals surface area contributed by atoms with Crippen LogP contribution in [0.1, 0.15) is 39.5 Å². The molecule has 1 aliphatic heterocycles. The van der Waals surface area contributed by atoms with E-state index in [1.165, 1.54) is 0 Å². The second kappa shape index (κ2) is 7.79. The minimum Gasteiger partial charge on any atom is -0.480 e. The summed E-state index contributed by atoms with van der Waals surface area (Å²) < 4.78 is 16.7. The number of ether oxygens (including phenoxy) is 3. The number of hydrogen-bond donors (Lipinski definition) is 2. The molecule has 3 N–H and O–H groups in total. The molecule has 0 aromatic heterocycles. The standard InChI is InChI=1S/C13H25NO5/c1-13(2,19-11-5-3-4-7-18-11)6-8-17-9-10(14)12(15)16/h10-11H,3-9,14H2,1-2H3,(H,15,16)/t10-,11?/m0/s1. The Kier molecular flexibility index (Phi) is 6.71. The minimum atomic E-state index is -1.05. The molecule has 0 bridgehead atoms. The van der Waals surface area contributed by atoms with Crippen LogP contribution in [-0.4, -0.2) is 48.8 Å². The smallest absolute Gasteiger partial charge is 0.322 e. The van der Waals surface area contributed by atoms with Gasteiger partial charge in [-0.25, -0.2) is 0 Å². The van der Waals surface area contributed by atoms with Crippen molar-refractivity contribution in [1.29, 1.82) is 0 Å². The molecule has 0 saturated carbocycles. The van der Waals surface area contributed by atoms with Crippen LogP contribution in [0.5, 0.6) is 0 Å². The summed E-state index contributed by atoms with van der Waals surface area (Å²) in [5, 5.41) is 8.61. The molecule has 6 heteroatoms. The van der Waals surface area contributed by atoms with Gasteiger partial charge in [0.2, 0.25) is 0 Å². The molecular formula is C13H25NO5. The summed E-state index contributed by atoms with van der Waals surface area (Å²) in [6, 6.07) is -0.967. The van der Waals surface area contributed by atoms with Gasteiger partial charge in [-0.05, 0) is 39.5 Å². The average Bonchev–Trinajstić information content (AvgIpc) is 2.35. The first-order valence-electron chi connectivity index (χ1n) is 6.76. The lowest BCUT2D eigenvalue weighted by molar-refractivity contribution is -0.219. The third-order valence-corrected chi connectivity index (χ3v) is 3.05. The molecule has 0 aromatic carbocycles. The zero-order valence-electron chi connectivity index (χ0n) is 11.8. The maximum atomic E-state index is 10.5. The van der Waals surface area contributed by atoms with E-state index in [1.807, 2.05) is 13.8 Å². The summed E-state index contributed by atoms with van der Waals surface area (Å²) in [6.07, 6.45) is 3.68. The molecule has 6 nitrogen and oxygen atoms in total. The maximum absolute atomic E-state index is 10.5. The first-order chi connectivity index (χ1) is 8.91. The third kappa shape index (κ3) is 6.87. The number of carboxylic acid groups (broad SMARTS) is 1. The Bertz CT molecular complexity index is 276. The predicted octanol–water partition coefficient (Wildman–Crippen LogP) is 1.13. The van der Waals surface area contributed by atoms with Gasteiger partial charge in [-0.15, -0.1) is 0 Å². The third-order valence-electron chi connectivity index (χ3n) is 3.05. The highest BCUT2D eigenvalue weighted by Gasteiger charge is 2.25. The Balaban J connectivity index is 2.17. The second-order valence-electron chi connectivity index (χ2n) is 5.44. The van der Waals surface area contributed by atoms with Gasteiger partial charge in [0.1, 0.15) is 6.04 Å². The summed E-state index contributed by atoms with van der Waals surface area (Å²) in [7, 11) is 0. The van der Waals surface area contributed by atoms with Crippen LogP contribution in [0.25, 0.3) is 0 Å². The van der Waals surface area contributed by atoms with Gasteiger partial charge in [-0.3, -0.25) is 4.79 Å². The van der Waals surface area contributed by atoms with Crippen LogP contribution < -0.4 is 5.73 Å². The maximum Gasteiger partial charge on any atom is 0.322 e. The van der Waals surface area contributed by atoms with Crippen molar-refractivity contribution in [2.24, 2.45) is 5.73 Å². The highest BCUT2D eigenvalue weighted by atomic mass is 16.7. The van der Waals surface area contributed by atoms with Crippen molar-refractivity contribution in [1.82, 2.24) is 0 Å². The van der Waals surface area contributed by atoms with Crippen LogP contribution in [0.15, 0.2) is 0 Å². The van der Waals surface area contributed by atoms with Crippen molar-refractivity contribution in [3.8, 4) is 0 Å². The summed E-state index contributed by atoms with van der Waals surface area (Å²) in [4.78, 5) is 10.5. The highest BCUT2D eigenvalue weighted by Crippen LogP contribution is 2.23. The molecule has 1 aliphatic rings. The molecule has 1 saturated heterocycles. The van der Waals surface area contributed by atoms with Gasteiger partial charge < -0.3 is 25.1 Å². The van der Waals surface area contributed by atoms with Crippen molar-refractivity contribution in [2.45, 2.75) is 57.5 Å². The largest absolute Gasteiger partial charge is 0.480 e. The van der Waals surface area contributed by atoms with E-state index in [4.69, 9.17) is 25.1 Å². The van der Waals surface area contributed by atoms with Crippen LogP contribution in [0.4, 0.5) is 0 Å². The lowest BCUT2D eigenvalue weighted by Crippen LogP contribution is -2.37. The summed E-state index contributed by atoms with van der Waals surface area (Å²) >= 11 is 0. The number of rotatable bonds is 8. The molecule has 0 aromatic rings. The predicted molar refractivity (Wildman–Crippen MR) is 69.8 cm³/mol. The Hall–Kier alpha value is -0.690. The van der Waals surface area contributed by atoms with Crippen LogP contribution in [0, 0.1) is 0 Å². The average molecular weight is 275 g/mol. The van der Waals surface area contributed by atoms with E-state index in [0.717, 1.165) is 25.9 Å². The Labute approximate surface area is 114 Å². The number of hydrogen-bond acceptors (Lipinski definition) is 5. The molecular weight excluding hydrogens is 250 g/mol. The monoisotopic (exact) mass is 275 g/mol. The van der Waals surface area contributed by atoms with Crippen LogP contribution >= 0.6 is 0 Å². The summed E-state index contributed by atoms with van der Waals surface area (Å²) in [6.45, 7) is 5.15. The van der Waals surface area contributed by atoms with Gasteiger partial charge in [-0.2, -0.15) is 0 Å². The van der Waals surface area contributed by atoms with Gasteiger partial charge in [0.05, 0.1) is 12.2 Å². The normalized spacial score (nSPS) is 22.2. The quantitative estimate of drug-likeness (QED) is 0.645. The van der Waals surface area contributed by atoms with Crippen molar-refractivity contribution < 1.29 is 24.1 Å². The zero-order valence-corrected chi connectivity index (χ0v) is 11.8. The molecule has 0 spiro atoms. The van der Waals surface area contributed by atoms with Crippen molar-refractivity contribution in [3.05, 3.63) is 0 Å². The number of carboxylic acids is 1. The SMILES string of the molecule is CC(C)(CCOC[C@H](N)C(=O)O)OC1CCCCO1. The van der Waals surface area contributed by atoms with Crippen molar-refractivity contribution >= 4 is 5.97 Å². The van der Waals surface area contributed by atoms with E-state index in [-0.39, 0.29) is 18.5 Å². The molecule has 112 valence electrons. The molecule has 19 heavy (non-hydrogen) atoms. The lowest BCUT2D eigenvalue weighted by Gasteiger charge is -2.32. The van der Waals surface area contributed by atoms with E-state index >= 15 is 0 Å². The minimum absolute atomic E-state index is 0.0192. The molecule has 1 rings (SSSR count). The topological polar surface area (TPSA) is 91.0 Å². The molecule has 1 fully saturated rings. The number of carbonyl (C=O) groups is 1. The fourth-order valence-corrected chi connectivity index (χ4v) is 1.82. The van der Waals surface area contributed by atoms with Crippen LogP contribution in [0.2, 0.25) is 0 Å². The van der Waals surface area contributed by atoms with Crippen molar-refractivity contribution in [2.75, 3.05) is 19.8 Å². The zero-order chi connectivity index (χ0) is 14.3. The fourth-order valence-electron chi connectivity index (χ4n) is 1.82. The summed E-state index contributed by atoms with van der Waals surface area (Å²) in [5.74, 6) is -1.05. The molecule has 0 aliphatic carbocycles. The Morgan fingerprint density at radius 1 is 1.53 bits per heavy atom. The molecule has 2 atom stereocenters. The van der Waals surface area contributed by atoms with Crippen LogP contribution in [0.3, 0.4) is 0 Å². The van der Waals surface area contributed by atoms with Gasteiger partial charge >= 0.3 is 5.97 Å².